The minimum absolute atomic E-state index is 0.805. The summed E-state index contributed by atoms with van der Waals surface area (Å²) in [6.45, 7) is 0. The van der Waals surface area contributed by atoms with E-state index >= 15 is 0 Å². The summed E-state index contributed by atoms with van der Waals surface area (Å²) in [7, 11) is 3.37. The smallest absolute Gasteiger partial charge is 0.118 e. The van der Waals surface area contributed by atoms with Gasteiger partial charge >= 0.3 is 0 Å². The van der Waals surface area contributed by atoms with Gasteiger partial charge in [-0.05, 0) is 94.3 Å². The minimum atomic E-state index is 0.805. The highest BCUT2D eigenvalue weighted by Crippen LogP contribution is 2.42. The fraction of sp³-hybridized carbons (Fsp3) is 0.0500. The second kappa shape index (κ2) is 10.5. The maximum absolute atomic E-state index is 5.48. The molecule has 0 aliphatic rings. The number of aromatic nitrogens is 2. The van der Waals surface area contributed by atoms with Crippen molar-refractivity contribution < 1.29 is 9.47 Å². The normalized spacial score (nSPS) is 11.4. The van der Waals surface area contributed by atoms with Gasteiger partial charge in [-0.3, -0.25) is 0 Å². The highest BCUT2D eigenvalue weighted by Gasteiger charge is 2.19. The lowest BCUT2D eigenvalue weighted by Gasteiger charge is -2.17. The van der Waals surface area contributed by atoms with E-state index in [-0.39, 0.29) is 0 Å². The van der Waals surface area contributed by atoms with Crippen LogP contribution in [0.15, 0.2) is 133 Å². The molecule has 0 fully saturated rings. The first-order chi connectivity index (χ1) is 21.7. The van der Waals surface area contributed by atoms with Gasteiger partial charge in [-0.1, -0.05) is 60.7 Å². The van der Waals surface area contributed by atoms with Crippen LogP contribution < -0.4 is 9.47 Å². The molecule has 210 valence electrons. The van der Waals surface area contributed by atoms with E-state index < -0.39 is 0 Å². The van der Waals surface area contributed by atoms with Crippen molar-refractivity contribution in [3.05, 3.63) is 133 Å². The number of hydrogen-bond donors (Lipinski definition) is 0. The van der Waals surface area contributed by atoms with Gasteiger partial charge < -0.3 is 9.47 Å². The summed E-state index contributed by atoms with van der Waals surface area (Å²) in [4.78, 5) is 10.7. The van der Waals surface area contributed by atoms with Gasteiger partial charge in [0.05, 0.1) is 36.6 Å². The van der Waals surface area contributed by atoms with Gasteiger partial charge in [-0.25, -0.2) is 9.97 Å². The number of nitrogens with zero attached hydrogens (tertiary/aromatic N) is 2. The summed E-state index contributed by atoms with van der Waals surface area (Å²) in [5.41, 5.74) is 7.74. The van der Waals surface area contributed by atoms with Crippen LogP contribution in [0.4, 0.5) is 0 Å². The molecule has 0 spiro atoms. The first kappa shape index (κ1) is 25.9. The molecule has 0 amide bonds. The molecule has 0 unspecified atom stereocenters. The molecular formula is C40H28N2O2. The van der Waals surface area contributed by atoms with Crippen molar-refractivity contribution in [3.63, 3.8) is 0 Å². The van der Waals surface area contributed by atoms with E-state index in [1.54, 1.807) is 14.2 Å². The zero-order chi connectivity index (χ0) is 29.6. The van der Waals surface area contributed by atoms with Crippen LogP contribution in [0, 0.1) is 0 Å². The average molecular weight is 569 g/mol. The average Bonchev–Trinajstić information content (AvgIpc) is 3.10. The van der Waals surface area contributed by atoms with Crippen LogP contribution >= 0.6 is 0 Å². The predicted molar refractivity (Wildman–Crippen MR) is 181 cm³/mol. The van der Waals surface area contributed by atoms with Crippen molar-refractivity contribution in [1.82, 2.24) is 9.97 Å². The Morgan fingerprint density at radius 1 is 0.409 bits per heavy atom. The number of fused-ring (bicyclic) bond motifs is 6. The third kappa shape index (κ3) is 4.31. The maximum atomic E-state index is 5.48. The van der Waals surface area contributed by atoms with E-state index in [1.165, 1.54) is 21.5 Å². The molecule has 0 N–H and O–H groups in total. The van der Waals surface area contributed by atoms with Gasteiger partial charge in [-0.2, -0.15) is 0 Å². The molecule has 8 rings (SSSR count). The number of pyridine rings is 2. The first-order valence-electron chi connectivity index (χ1n) is 14.6. The summed E-state index contributed by atoms with van der Waals surface area (Å²) in [5, 5.41) is 6.92. The molecule has 4 nitrogen and oxygen atoms in total. The lowest BCUT2D eigenvalue weighted by Crippen LogP contribution is -1.97. The molecule has 0 saturated heterocycles. The molecule has 6 aromatic carbocycles. The Kier molecular flexibility index (Phi) is 6.20. The van der Waals surface area contributed by atoms with Crippen molar-refractivity contribution in [2.45, 2.75) is 0 Å². The number of benzene rings is 6. The largest absolute Gasteiger partial charge is 0.497 e. The summed E-state index contributed by atoms with van der Waals surface area (Å²) in [6, 6.07) is 46.4. The summed E-state index contributed by atoms with van der Waals surface area (Å²) >= 11 is 0. The van der Waals surface area contributed by atoms with Crippen molar-refractivity contribution >= 4 is 43.4 Å². The zero-order valence-electron chi connectivity index (χ0n) is 24.4. The molecule has 2 heterocycles. The van der Waals surface area contributed by atoms with Gasteiger partial charge in [0.15, 0.2) is 0 Å². The zero-order valence-corrected chi connectivity index (χ0v) is 24.4. The lowest BCUT2D eigenvalue weighted by atomic mass is 9.91. The van der Waals surface area contributed by atoms with Crippen molar-refractivity contribution in [3.8, 4) is 45.1 Å². The summed E-state index contributed by atoms with van der Waals surface area (Å²) < 4.78 is 11.0. The second-order valence-electron chi connectivity index (χ2n) is 10.9. The van der Waals surface area contributed by atoms with E-state index in [1.807, 2.05) is 24.3 Å². The molecule has 4 heteroatoms. The molecule has 0 saturated carbocycles. The minimum Gasteiger partial charge on any atom is -0.497 e. The van der Waals surface area contributed by atoms with E-state index in [0.29, 0.717) is 0 Å². The van der Waals surface area contributed by atoms with E-state index in [0.717, 1.165) is 66.9 Å². The Morgan fingerprint density at radius 2 is 0.818 bits per heavy atom. The number of methoxy groups -OCH3 is 2. The molecular weight excluding hydrogens is 540 g/mol. The van der Waals surface area contributed by atoms with Crippen LogP contribution in [-0.2, 0) is 0 Å². The monoisotopic (exact) mass is 568 g/mol. The maximum Gasteiger partial charge on any atom is 0.118 e. The van der Waals surface area contributed by atoms with E-state index in [2.05, 4.69) is 109 Å². The molecule has 2 aromatic heterocycles. The van der Waals surface area contributed by atoms with E-state index in [4.69, 9.17) is 19.4 Å². The van der Waals surface area contributed by atoms with Crippen LogP contribution in [0.2, 0.25) is 0 Å². The predicted octanol–water partition coefficient (Wildman–Crippen LogP) is 10.1. The Balaban J connectivity index is 1.51. The molecule has 0 bridgehead atoms. The van der Waals surface area contributed by atoms with Gasteiger partial charge in [0.25, 0.3) is 0 Å². The first-order valence-corrected chi connectivity index (χ1v) is 14.6. The number of hydrogen-bond acceptors (Lipinski definition) is 4. The summed E-state index contributed by atoms with van der Waals surface area (Å²) in [5.74, 6) is 1.61. The molecule has 44 heavy (non-hydrogen) atoms. The highest BCUT2D eigenvalue weighted by molar-refractivity contribution is 6.12. The van der Waals surface area contributed by atoms with Crippen LogP contribution in [0.5, 0.6) is 11.5 Å². The third-order valence-corrected chi connectivity index (χ3v) is 8.46. The SMILES string of the molecule is COc1ccc(-c2nc3ccc4ccccc4c3cc2-c2cc3c(ccc4ccccc43)nc2-c2ccc(OC)cc2)cc1. The fourth-order valence-corrected chi connectivity index (χ4v) is 6.20. The van der Waals surface area contributed by atoms with E-state index in [9.17, 15) is 0 Å². The van der Waals surface area contributed by atoms with Crippen LogP contribution in [0.3, 0.4) is 0 Å². The molecule has 0 radical (unpaired) electrons. The van der Waals surface area contributed by atoms with Gasteiger partial charge in [0.1, 0.15) is 11.5 Å². The number of ether oxygens (including phenoxy) is 2. The standard InChI is InChI=1S/C40H28N2O2/c1-43-29-17-11-27(12-18-29)39-35(23-33-31-9-5-3-7-25(31)15-21-37(33)41-39)36-24-34-32-10-6-4-8-26(32)16-22-38(34)42-40(36)28-13-19-30(44-2)20-14-28/h3-24H,1-2H3. The van der Waals surface area contributed by atoms with Crippen LogP contribution in [0.1, 0.15) is 0 Å². The molecule has 0 aliphatic carbocycles. The molecule has 0 aliphatic heterocycles. The topological polar surface area (TPSA) is 44.2 Å². The highest BCUT2D eigenvalue weighted by atomic mass is 16.5. The van der Waals surface area contributed by atoms with Crippen molar-refractivity contribution in [2.24, 2.45) is 0 Å². The summed E-state index contributed by atoms with van der Waals surface area (Å²) in [6.07, 6.45) is 0. The van der Waals surface area contributed by atoms with Gasteiger partial charge in [-0.15, -0.1) is 0 Å². The van der Waals surface area contributed by atoms with Crippen molar-refractivity contribution in [1.29, 1.82) is 0 Å². The Bertz CT molecular complexity index is 2170. The quantitative estimate of drug-likeness (QED) is 0.194. The number of rotatable bonds is 5. The fourth-order valence-electron chi connectivity index (χ4n) is 6.20. The second-order valence-corrected chi connectivity index (χ2v) is 10.9. The lowest BCUT2D eigenvalue weighted by molar-refractivity contribution is 0.415. The Labute approximate surface area is 255 Å². The van der Waals surface area contributed by atoms with Crippen LogP contribution in [-0.4, -0.2) is 24.2 Å². The molecule has 0 atom stereocenters. The molecule has 8 aromatic rings. The van der Waals surface area contributed by atoms with Crippen LogP contribution in [0.25, 0.3) is 77.0 Å². The Hall–Kier alpha value is -5.74. The third-order valence-electron chi connectivity index (χ3n) is 8.46. The Morgan fingerprint density at radius 3 is 1.23 bits per heavy atom. The van der Waals surface area contributed by atoms with Crippen molar-refractivity contribution in [2.75, 3.05) is 14.2 Å². The van der Waals surface area contributed by atoms with Gasteiger partial charge in [0.2, 0.25) is 0 Å². The van der Waals surface area contributed by atoms with Gasteiger partial charge in [0, 0.05) is 33.0 Å².